The molecule has 12 heteroatoms. The number of aliphatic hydroxyl groups is 1. The quantitative estimate of drug-likeness (QED) is 0.235. The highest BCUT2D eigenvalue weighted by Crippen LogP contribution is 2.52. The fraction of sp³-hybridized carbons (Fsp3) is 0.379. The van der Waals surface area contributed by atoms with E-state index in [2.05, 4.69) is 0 Å². The van der Waals surface area contributed by atoms with Crippen LogP contribution in [0.3, 0.4) is 0 Å². The van der Waals surface area contributed by atoms with E-state index in [4.69, 9.17) is 10.5 Å². The third-order valence-electron chi connectivity index (χ3n) is 8.66. The highest BCUT2D eigenvalue weighted by atomic mass is 127. The number of aldehydes is 1. The second-order valence-electron chi connectivity index (χ2n) is 11.0. The maximum atomic E-state index is 14.1. The molecule has 0 aromatic heterocycles. The Labute approximate surface area is 248 Å². The van der Waals surface area contributed by atoms with Gasteiger partial charge >= 0.3 is 0 Å². The maximum absolute atomic E-state index is 14.1. The Morgan fingerprint density at radius 2 is 1.83 bits per heavy atom. The Hall–Kier alpha value is -3.49. The van der Waals surface area contributed by atoms with Crippen LogP contribution in [-0.2, 0) is 25.6 Å². The molecular formula is C29H27IN2O9. The zero-order chi connectivity index (χ0) is 30.1. The zero-order valence-corrected chi connectivity index (χ0v) is 24.5. The molecule has 214 valence electrons. The third kappa shape index (κ3) is 4.06. The van der Waals surface area contributed by atoms with Gasteiger partial charge in [-0.3, -0.25) is 33.7 Å². The van der Waals surface area contributed by atoms with Gasteiger partial charge in [-0.05, 0) is 90.8 Å². The van der Waals surface area contributed by atoms with E-state index in [1.807, 2.05) is 22.6 Å². The molecule has 0 saturated heterocycles. The number of likely N-dealkylation sites (N-methyl/N-ethyl adjacent to an activating group) is 1. The standard InChI is InChI=1S/C29H27IN2O9/c1-32(2)22-16-8-12-7-15-13(14-6-11(10-33)4-5-18(14)41-3)9-17(30)23(34)20(15)24(35)19(12)26(37)29(16,40)27(38)21(25(22)36)28(31)39/h4-6,9-10,12,16,19,21-22,34,40H,7-8H2,1-3H3,(H2,31,39)/t12-,16-,19?,21?,22-,29-/m1/s1. The molecule has 4 N–H and O–H groups in total. The molecule has 0 bridgehead atoms. The predicted octanol–water partition coefficient (Wildman–Crippen LogP) is 0.960. The number of halogens is 1. The third-order valence-corrected chi connectivity index (χ3v) is 9.49. The molecule has 1 amide bonds. The number of rotatable bonds is 5. The first-order valence-electron chi connectivity index (χ1n) is 12.8. The van der Waals surface area contributed by atoms with Crippen molar-refractivity contribution in [2.45, 2.75) is 24.5 Å². The van der Waals surface area contributed by atoms with Crippen LogP contribution in [0.5, 0.6) is 11.5 Å². The number of aromatic hydroxyl groups is 1. The summed E-state index contributed by atoms with van der Waals surface area (Å²) in [6.45, 7) is 0. The van der Waals surface area contributed by atoms with Crippen molar-refractivity contribution in [3.63, 3.8) is 0 Å². The van der Waals surface area contributed by atoms with Gasteiger partial charge in [0, 0.05) is 17.0 Å². The molecule has 3 aliphatic carbocycles. The average Bonchev–Trinajstić information content (AvgIpc) is 2.91. The smallest absolute Gasteiger partial charge is 0.235 e. The topological polar surface area (TPSA) is 181 Å². The van der Waals surface area contributed by atoms with Gasteiger partial charge in [0.1, 0.15) is 17.8 Å². The largest absolute Gasteiger partial charge is 0.506 e. The number of carbonyl (C=O) groups is 6. The van der Waals surface area contributed by atoms with Crippen LogP contribution < -0.4 is 10.5 Å². The molecule has 2 aromatic carbocycles. The number of amides is 1. The second kappa shape index (κ2) is 10.1. The first-order valence-corrected chi connectivity index (χ1v) is 13.9. The van der Waals surface area contributed by atoms with E-state index in [1.165, 1.54) is 26.1 Å². The van der Waals surface area contributed by atoms with Gasteiger partial charge in [-0.25, -0.2) is 0 Å². The SMILES string of the molecule is COc1ccc(C=O)cc1-c1cc(I)c(O)c2c1C[C@@H]1C[C@@H]3[C@@H](N(C)C)C(=O)C(C(N)=O)C(=O)[C@]3(O)C(=O)C1C2=O. The number of ether oxygens (including phenoxy) is 1. The molecule has 6 atom stereocenters. The molecule has 11 nitrogen and oxygen atoms in total. The molecule has 2 unspecified atom stereocenters. The van der Waals surface area contributed by atoms with Gasteiger partial charge in [-0.1, -0.05) is 0 Å². The van der Waals surface area contributed by atoms with Crippen LogP contribution in [0.15, 0.2) is 24.3 Å². The summed E-state index contributed by atoms with van der Waals surface area (Å²) in [7, 11) is 4.51. The number of primary amides is 1. The van der Waals surface area contributed by atoms with Crippen molar-refractivity contribution in [2.75, 3.05) is 21.2 Å². The maximum Gasteiger partial charge on any atom is 0.235 e. The summed E-state index contributed by atoms with van der Waals surface area (Å²) in [6, 6.07) is 5.25. The van der Waals surface area contributed by atoms with E-state index >= 15 is 0 Å². The van der Waals surface area contributed by atoms with Crippen molar-refractivity contribution in [3.05, 3.63) is 44.5 Å². The van der Waals surface area contributed by atoms with E-state index in [0.29, 0.717) is 37.9 Å². The van der Waals surface area contributed by atoms with Crippen molar-refractivity contribution < 1.29 is 43.7 Å². The summed E-state index contributed by atoms with van der Waals surface area (Å²) >= 11 is 1.85. The summed E-state index contributed by atoms with van der Waals surface area (Å²) in [4.78, 5) is 79.9. The summed E-state index contributed by atoms with van der Waals surface area (Å²) < 4.78 is 5.81. The minimum Gasteiger partial charge on any atom is -0.506 e. The minimum atomic E-state index is -2.79. The second-order valence-corrected chi connectivity index (χ2v) is 12.1. The molecule has 41 heavy (non-hydrogen) atoms. The van der Waals surface area contributed by atoms with Crippen LogP contribution in [0.25, 0.3) is 11.1 Å². The van der Waals surface area contributed by atoms with Gasteiger partial charge in [-0.15, -0.1) is 0 Å². The Bertz CT molecular complexity index is 1570. The molecule has 0 aliphatic heterocycles. The Morgan fingerprint density at radius 3 is 2.41 bits per heavy atom. The lowest BCUT2D eigenvalue weighted by Crippen LogP contribution is -2.74. The van der Waals surface area contributed by atoms with Crippen LogP contribution in [0.1, 0.15) is 32.7 Å². The van der Waals surface area contributed by atoms with Gasteiger partial charge in [0.25, 0.3) is 0 Å². The molecule has 2 fully saturated rings. The monoisotopic (exact) mass is 674 g/mol. The number of benzene rings is 2. The lowest BCUT2D eigenvalue weighted by atomic mass is 9.52. The summed E-state index contributed by atoms with van der Waals surface area (Å²) in [5.74, 6) is -10.7. The predicted molar refractivity (Wildman–Crippen MR) is 151 cm³/mol. The Kier molecular flexibility index (Phi) is 7.15. The Morgan fingerprint density at radius 1 is 1.15 bits per heavy atom. The van der Waals surface area contributed by atoms with E-state index < -0.39 is 64.4 Å². The number of ketones is 4. The number of phenolic OH excluding ortho intramolecular Hbond substituents is 1. The van der Waals surface area contributed by atoms with Crippen LogP contribution in [0.4, 0.5) is 0 Å². The number of phenols is 1. The molecule has 3 aliphatic rings. The van der Waals surface area contributed by atoms with Gasteiger partial charge in [-0.2, -0.15) is 0 Å². The molecule has 2 saturated carbocycles. The lowest BCUT2D eigenvalue weighted by Gasteiger charge is -2.52. The van der Waals surface area contributed by atoms with Crippen molar-refractivity contribution in [1.29, 1.82) is 0 Å². The number of carbonyl (C=O) groups excluding carboxylic acids is 6. The van der Waals surface area contributed by atoms with Crippen molar-refractivity contribution >= 4 is 57.9 Å². The van der Waals surface area contributed by atoms with E-state index in [9.17, 15) is 39.0 Å². The Balaban J connectivity index is 1.71. The normalized spacial score (nSPS) is 29.1. The van der Waals surface area contributed by atoms with Crippen LogP contribution >= 0.6 is 22.6 Å². The highest BCUT2D eigenvalue weighted by molar-refractivity contribution is 14.1. The fourth-order valence-corrected chi connectivity index (χ4v) is 7.47. The molecule has 0 heterocycles. The van der Waals surface area contributed by atoms with Crippen LogP contribution in [0.2, 0.25) is 0 Å². The van der Waals surface area contributed by atoms with Crippen LogP contribution in [-0.4, -0.2) is 83.3 Å². The lowest BCUT2D eigenvalue weighted by molar-refractivity contribution is -0.181. The molecule has 0 spiro atoms. The molecule has 5 rings (SSSR count). The summed E-state index contributed by atoms with van der Waals surface area (Å²) in [5.41, 5.74) is 4.21. The van der Waals surface area contributed by atoms with E-state index in [-0.39, 0.29) is 24.2 Å². The molecule has 0 radical (unpaired) electrons. The molecule has 2 aromatic rings. The first-order chi connectivity index (χ1) is 19.3. The number of methoxy groups -OCH3 is 1. The first kappa shape index (κ1) is 29.0. The van der Waals surface area contributed by atoms with Crippen molar-refractivity contribution in [2.24, 2.45) is 29.4 Å². The minimum absolute atomic E-state index is 0.0679. The number of Topliss-reactive ketones (excluding diaryl/α,β-unsaturated/α-hetero) is 4. The summed E-state index contributed by atoms with van der Waals surface area (Å²) in [6.07, 6.45) is 0.683. The average molecular weight is 674 g/mol. The van der Waals surface area contributed by atoms with Gasteiger partial charge in [0.15, 0.2) is 34.7 Å². The summed E-state index contributed by atoms with van der Waals surface area (Å²) in [5, 5.41) is 22.8. The van der Waals surface area contributed by atoms with Crippen LogP contribution in [0, 0.1) is 27.2 Å². The van der Waals surface area contributed by atoms with Gasteiger partial charge < -0.3 is 20.7 Å². The van der Waals surface area contributed by atoms with E-state index in [0.717, 1.165) is 0 Å². The number of hydrogen-bond donors (Lipinski definition) is 3. The van der Waals surface area contributed by atoms with Gasteiger partial charge in [0.05, 0.1) is 28.2 Å². The zero-order valence-electron chi connectivity index (χ0n) is 22.3. The highest BCUT2D eigenvalue weighted by Gasteiger charge is 2.69. The van der Waals surface area contributed by atoms with Crippen molar-refractivity contribution in [1.82, 2.24) is 4.90 Å². The van der Waals surface area contributed by atoms with Crippen molar-refractivity contribution in [3.8, 4) is 22.6 Å². The molecular weight excluding hydrogens is 647 g/mol. The number of fused-ring (bicyclic) bond motifs is 3. The number of nitrogens with zero attached hydrogens (tertiary/aromatic N) is 1. The van der Waals surface area contributed by atoms with Gasteiger partial charge in [0.2, 0.25) is 5.91 Å². The number of nitrogens with two attached hydrogens (primary N) is 1. The number of hydrogen-bond acceptors (Lipinski definition) is 10. The van der Waals surface area contributed by atoms with E-state index in [1.54, 1.807) is 24.3 Å². The fourth-order valence-electron chi connectivity index (χ4n) is 6.89.